The molecule has 1 fully saturated rings. The largest absolute Gasteiger partial charge is 0.444 e. The van der Waals surface area contributed by atoms with E-state index in [1.165, 1.54) is 0 Å². The normalized spacial score (nSPS) is 14.9. The Labute approximate surface area is 173 Å². The average molecular weight is 397 g/mol. The molecule has 0 radical (unpaired) electrons. The number of hydrogen-bond acceptors (Lipinski definition) is 5. The summed E-state index contributed by atoms with van der Waals surface area (Å²) in [5.41, 5.74) is 10.3. The molecule has 6 nitrogen and oxygen atoms in total. The van der Waals surface area contributed by atoms with Crippen molar-refractivity contribution in [1.82, 2.24) is 9.88 Å². The van der Waals surface area contributed by atoms with Crippen molar-refractivity contribution < 1.29 is 9.53 Å². The Morgan fingerprint density at radius 3 is 2.52 bits per heavy atom. The molecule has 0 spiro atoms. The number of nitrogen functional groups attached to an aromatic ring is 1. The van der Waals surface area contributed by atoms with Crippen LogP contribution in [0.15, 0.2) is 36.5 Å². The Hall–Kier alpha value is -2.76. The summed E-state index contributed by atoms with van der Waals surface area (Å²) in [7, 11) is 1.81. The molecule has 0 unspecified atom stereocenters. The zero-order valence-corrected chi connectivity index (χ0v) is 18.1. The van der Waals surface area contributed by atoms with E-state index in [1.54, 1.807) is 11.9 Å². The quantitative estimate of drug-likeness (QED) is 0.692. The van der Waals surface area contributed by atoms with Gasteiger partial charge in [-0.25, -0.2) is 4.79 Å². The lowest BCUT2D eigenvalue weighted by Crippen LogP contribution is -2.39. The fourth-order valence-corrected chi connectivity index (χ4v) is 3.35. The molecule has 1 saturated carbocycles. The predicted octanol–water partition coefficient (Wildman–Crippen LogP) is 4.70. The fourth-order valence-electron chi connectivity index (χ4n) is 3.35. The van der Waals surface area contributed by atoms with Gasteiger partial charge < -0.3 is 20.7 Å². The summed E-state index contributed by atoms with van der Waals surface area (Å²) in [6.07, 6.45) is 3.78. The molecule has 1 aromatic carbocycles. The molecule has 0 saturated heterocycles. The van der Waals surface area contributed by atoms with Crippen LogP contribution in [-0.2, 0) is 4.74 Å². The first-order valence-electron chi connectivity index (χ1n) is 10.1. The number of benzene rings is 1. The van der Waals surface area contributed by atoms with E-state index in [-0.39, 0.29) is 11.5 Å². The van der Waals surface area contributed by atoms with E-state index in [9.17, 15) is 4.79 Å². The summed E-state index contributed by atoms with van der Waals surface area (Å²) in [4.78, 5) is 18.5. The highest BCUT2D eigenvalue weighted by Gasteiger charge is 2.44. The molecule has 3 rings (SSSR count). The Bertz CT molecular complexity index is 867. The van der Waals surface area contributed by atoms with Gasteiger partial charge in [-0.3, -0.25) is 4.98 Å². The summed E-state index contributed by atoms with van der Waals surface area (Å²) in [6.45, 7) is 9.14. The van der Waals surface area contributed by atoms with Gasteiger partial charge in [0.05, 0.1) is 11.9 Å². The maximum atomic E-state index is 12.3. The van der Waals surface area contributed by atoms with Crippen LogP contribution in [-0.4, -0.2) is 41.7 Å². The van der Waals surface area contributed by atoms with E-state index in [2.05, 4.69) is 16.4 Å². The van der Waals surface area contributed by atoms with Crippen molar-refractivity contribution in [2.24, 2.45) is 5.41 Å². The van der Waals surface area contributed by atoms with Crippen LogP contribution in [0.4, 0.5) is 16.2 Å². The number of anilines is 2. The molecule has 2 aromatic rings. The first-order valence-corrected chi connectivity index (χ1v) is 10.1. The van der Waals surface area contributed by atoms with Gasteiger partial charge in [0.1, 0.15) is 5.60 Å². The number of carbonyl (C=O) groups excluding carboxylic acids is 1. The summed E-state index contributed by atoms with van der Waals surface area (Å²) >= 11 is 0. The molecule has 6 heteroatoms. The van der Waals surface area contributed by atoms with Gasteiger partial charge >= 0.3 is 6.09 Å². The predicted molar refractivity (Wildman–Crippen MR) is 118 cm³/mol. The maximum Gasteiger partial charge on any atom is 0.410 e. The van der Waals surface area contributed by atoms with E-state index >= 15 is 0 Å². The summed E-state index contributed by atoms with van der Waals surface area (Å²) < 4.78 is 5.47. The minimum absolute atomic E-state index is 0.0951. The van der Waals surface area contributed by atoms with Gasteiger partial charge in [-0.15, -0.1) is 0 Å². The molecule has 1 amide bonds. The summed E-state index contributed by atoms with van der Waals surface area (Å²) in [6, 6.07) is 9.96. The molecule has 3 N–H and O–H groups in total. The topological polar surface area (TPSA) is 80.5 Å². The lowest BCUT2D eigenvalue weighted by Gasteiger charge is -2.28. The van der Waals surface area contributed by atoms with Crippen molar-refractivity contribution in [3.05, 3.63) is 42.2 Å². The number of ether oxygens (including phenoxy) is 1. The number of carbonyl (C=O) groups is 1. The van der Waals surface area contributed by atoms with Gasteiger partial charge in [0.2, 0.25) is 0 Å². The third kappa shape index (κ3) is 5.62. The minimum Gasteiger partial charge on any atom is -0.444 e. The molecule has 156 valence electrons. The number of nitrogens with zero attached hydrogens (tertiary/aromatic N) is 2. The van der Waals surface area contributed by atoms with Crippen molar-refractivity contribution >= 4 is 17.5 Å². The van der Waals surface area contributed by atoms with Crippen LogP contribution in [0, 0.1) is 12.3 Å². The van der Waals surface area contributed by atoms with Crippen LogP contribution >= 0.6 is 0 Å². The molecule has 0 bridgehead atoms. The van der Waals surface area contributed by atoms with E-state index in [0.717, 1.165) is 47.6 Å². The smallest absolute Gasteiger partial charge is 0.410 e. The highest BCUT2D eigenvalue weighted by molar-refractivity contribution is 5.71. The first kappa shape index (κ1) is 21.0. The number of nitrogens with two attached hydrogens (primary N) is 1. The molecule has 0 aliphatic heterocycles. The monoisotopic (exact) mass is 396 g/mol. The number of nitrogens with one attached hydrogen (secondary N) is 1. The van der Waals surface area contributed by atoms with Crippen molar-refractivity contribution in [3.63, 3.8) is 0 Å². The number of hydrogen-bond donors (Lipinski definition) is 2. The summed E-state index contributed by atoms with van der Waals surface area (Å²) in [5, 5.41) is 3.52. The minimum atomic E-state index is -0.480. The zero-order chi connectivity index (χ0) is 21.2. The molecule has 0 atom stereocenters. The van der Waals surface area contributed by atoms with E-state index in [0.29, 0.717) is 6.54 Å². The second-order valence-corrected chi connectivity index (χ2v) is 9.17. The van der Waals surface area contributed by atoms with E-state index in [1.807, 2.05) is 58.2 Å². The molecule has 1 aliphatic rings. The first-order chi connectivity index (χ1) is 13.6. The Balaban J connectivity index is 1.63. The fraction of sp³-hybridized carbons (Fsp3) is 0.478. The van der Waals surface area contributed by atoms with Crippen molar-refractivity contribution in [2.75, 3.05) is 31.2 Å². The van der Waals surface area contributed by atoms with Gasteiger partial charge in [0.15, 0.2) is 0 Å². The van der Waals surface area contributed by atoms with Crippen LogP contribution in [0.2, 0.25) is 0 Å². The van der Waals surface area contributed by atoms with Gasteiger partial charge in [-0.2, -0.15) is 0 Å². The standard InChI is InChI=1S/C23H32N4O2/c1-16-20(17-6-8-18(24)9-7-17)12-19(13-25-16)26-14-23(10-11-23)15-27(5)21(28)29-22(2,3)4/h6-9,12-13,26H,10-11,14-15,24H2,1-5H3. The number of rotatable bonds is 6. The number of aromatic nitrogens is 1. The maximum absolute atomic E-state index is 12.3. The molecular formula is C23H32N4O2. The van der Waals surface area contributed by atoms with Crippen molar-refractivity contribution in [3.8, 4) is 11.1 Å². The lowest BCUT2D eigenvalue weighted by atomic mass is 10.0. The van der Waals surface area contributed by atoms with Gasteiger partial charge in [-0.1, -0.05) is 12.1 Å². The van der Waals surface area contributed by atoms with Crippen molar-refractivity contribution in [2.45, 2.75) is 46.1 Å². The second kappa shape index (κ2) is 7.93. The van der Waals surface area contributed by atoms with Gasteiger partial charge in [-0.05, 0) is 64.3 Å². The third-order valence-corrected chi connectivity index (χ3v) is 5.21. The Kier molecular flexibility index (Phi) is 5.73. The Morgan fingerprint density at radius 1 is 1.28 bits per heavy atom. The molecule has 1 aromatic heterocycles. The SMILES string of the molecule is Cc1ncc(NCC2(CN(C)C(=O)OC(C)(C)C)CC2)cc1-c1ccc(N)cc1. The lowest BCUT2D eigenvalue weighted by molar-refractivity contribution is 0.0268. The van der Waals surface area contributed by atoms with Crippen LogP contribution in [0.25, 0.3) is 11.1 Å². The second-order valence-electron chi connectivity index (χ2n) is 9.17. The van der Waals surface area contributed by atoms with Crippen LogP contribution in [0.1, 0.15) is 39.3 Å². The van der Waals surface area contributed by atoms with Crippen LogP contribution < -0.4 is 11.1 Å². The van der Waals surface area contributed by atoms with Crippen LogP contribution in [0.3, 0.4) is 0 Å². The highest BCUT2D eigenvalue weighted by Crippen LogP contribution is 2.46. The average Bonchev–Trinajstić information content (AvgIpc) is 3.40. The molecule has 1 aliphatic carbocycles. The van der Waals surface area contributed by atoms with E-state index < -0.39 is 5.60 Å². The van der Waals surface area contributed by atoms with Gasteiger partial charge in [0, 0.05) is 42.5 Å². The molecule has 29 heavy (non-hydrogen) atoms. The third-order valence-electron chi connectivity index (χ3n) is 5.21. The Morgan fingerprint density at radius 2 is 1.93 bits per heavy atom. The van der Waals surface area contributed by atoms with Crippen molar-refractivity contribution in [1.29, 1.82) is 0 Å². The molecule has 1 heterocycles. The van der Waals surface area contributed by atoms with Gasteiger partial charge in [0.25, 0.3) is 0 Å². The number of pyridine rings is 1. The number of aryl methyl sites for hydroxylation is 1. The highest BCUT2D eigenvalue weighted by atomic mass is 16.6. The summed E-state index contributed by atoms with van der Waals surface area (Å²) in [5.74, 6) is 0. The van der Waals surface area contributed by atoms with E-state index in [4.69, 9.17) is 10.5 Å². The molecular weight excluding hydrogens is 364 g/mol. The zero-order valence-electron chi connectivity index (χ0n) is 18.1. The number of amides is 1. The van der Waals surface area contributed by atoms with Crippen LogP contribution in [0.5, 0.6) is 0 Å².